The highest BCUT2D eigenvalue weighted by Gasteiger charge is 2.45. The van der Waals surface area contributed by atoms with Crippen LogP contribution in [0.4, 0.5) is 11.4 Å². The van der Waals surface area contributed by atoms with Crippen molar-refractivity contribution in [1.82, 2.24) is 0 Å². The number of carbonyl (C=O) groups excluding carboxylic acids is 1. The molecule has 162 valence electrons. The Kier molecular flexibility index (Phi) is 5.18. The first-order valence-electron chi connectivity index (χ1n) is 10.9. The molecular formula is C27H26ClN3O. The lowest BCUT2D eigenvalue weighted by Gasteiger charge is -2.30. The van der Waals surface area contributed by atoms with Crippen molar-refractivity contribution in [2.24, 2.45) is 17.6 Å². The molecule has 2 N–H and O–H groups in total. The summed E-state index contributed by atoms with van der Waals surface area (Å²) in [7, 11) is 2.06. The lowest BCUT2D eigenvalue weighted by Crippen LogP contribution is -2.25. The van der Waals surface area contributed by atoms with Crippen LogP contribution in [0.3, 0.4) is 0 Å². The third kappa shape index (κ3) is 3.76. The van der Waals surface area contributed by atoms with Gasteiger partial charge in [-0.1, -0.05) is 54.6 Å². The monoisotopic (exact) mass is 443 g/mol. The van der Waals surface area contributed by atoms with E-state index in [1.807, 2.05) is 18.2 Å². The Morgan fingerprint density at radius 3 is 2.44 bits per heavy atom. The summed E-state index contributed by atoms with van der Waals surface area (Å²) in [5.74, 6) is 1.14. The minimum absolute atomic E-state index is 0.451. The first kappa shape index (κ1) is 20.7. The van der Waals surface area contributed by atoms with Crippen molar-refractivity contribution in [3.8, 4) is 11.1 Å². The van der Waals surface area contributed by atoms with Crippen LogP contribution in [-0.2, 0) is 0 Å². The van der Waals surface area contributed by atoms with Crippen LogP contribution in [0.15, 0.2) is 73.3 Å². The molecular weight excluding hydrogens is 418 g/mol. The second-order valence-corrected chi connectivity index (χ2v) is 9.20. The fourth-order valence-electron chi connectivity index (χ4n) is 4.69. The average molecular weight is 444 g/mol. The van der Waals surface area contributed by atoms with E-state index in [-0.39, 0.29) is 0 Å². The molecule has 3 aromatic carbocycles. The number of benzene rings is 3. The van der Waals surface area contributed by atoms with Crippen LogP contribution in [0.25, 0.3) is 16.8 Å². The van der Waals surface area contributed by atoms with E-state index in [0.29, 0.717) is 10.6 Å². The summed E-state index contributed by atoms with van der Waals surface area (Å²) in [6.07, 6.45) is 1.34. The Hall–Kier alpha value is -3.24. The van der Waals surface area contributed by atoms with Crippen molar-refractivity contribution >= 4 is 34.6 Å². The molecule has 2 fully saturated rings. The number of carbonyl (C=O) groups is 1. The van der Waals surface area contributed by atoms with E-state index >= 15 is 0 Å². The zero-order chi connectivity index (χ0) is 22.4. The number of hydrogen-bond acceptors (Lipinski definition) is 3. The molecule has 3 aromatic rings. The summed E-state index contributed by atoms with van der Waals surface area (Å²) in [5, 5.41) is 0.597. The predicted octanol–water partition coefficient (Wildman–Crippen LogP) is 5.67. The van der Waals surface area contributed by atoms with Crippen LogP contribution in [-0.4, -0.2) is 26.0 Å². The van der Waals surface area contributed by atoms with E-state index < -0.39 is 5.91 Å². The van der Waals surface area contributed by atoms with Crippen molar-refractivity contribution < 1.29 is 4.79 Å². The van der Waals surface area contributed by atoms with Gasteiger partial charge in [0.25, 0.3) is 0 Å². The van der Waals surface area contributed by atoms with Gasteiger partial charge in [0.05, 0.1) is 11.4 Å². The second kappa shape index (κ2) is 8.03. The predicted molar refractivity (Wildman–Crippen MR) is 133 cm³/mol. The van der Waals surface area contributed by atoms with Crippen molar-refractivity contribution in [3.63, 3.8) is 0 Å². The largest absolute Gasteiger partial charge is 0.369 e. The van der Waals surface area contributed by atoms with Gasteiger partial charge in [0, 0.05) is 42.0 Å². The number of anilines is 2. The normalized spacial score (nSPS) is 18.9. The number of nitrogens with zero attached hydrogens (tertiary/aromatic N) is 2. The van der Waals surface area contributed by atoms with Gasteiger partial charge >= 0.3 is 0 Å². The Balaban J connectivity index is 1.57. The van der Waals surface area contributed by atoms with E-state index in [0.717, 1.165) is 58.7 Å². The summed E-state index contributed by atoms with van der Waals surface area (Å²) in [4.78, 5) is 16.3. The van der Waals surface area contributed by atoms with Crippen LogP contribution < -0.4 is 15.5 Å². The second-order valence-electron chi connectivity index (χ2n) is 8.79. The molecule has 32 heavy (non-hydrogen) atoms. The summed E-state index contributed by atoms with van der Waals surface area (Å²) in [6, 6.07) is 21.7. The number of fused-ring (bicyclic) bond motifs is 1. The molecule has 0 spiro atoms. The highest BCUT2D eigenvalue weighted by atomic mass is 35.5. The quantitative estimate of drug-likeness (QED) is 0.534. The van der Waals surface area contributed by atoms with Crippen molar-refractivity contribution in [3.05, 3.63) is 89.5 Å². The molecule has 0 radical (unpaired) electrons. The van der Waals surface area contributed by atoms with Gasteiger partial charge in [0.15, 0.2) is 0 Å². The van der Waals surface area contributed by atoms with Crippen LogP contribution in [0.2, 0.25) is 5.02 Å². The van der Waals surface area contributed by atoms with Crippen LogP contribution in [0.1, 0.15) is 22.3 Å². The van der Waals surface area contributed by atoms with Gasteiger partial charge in [-0.25, -0.2) is 0 Å². The maximum Gasteiger partial charge on any atom is 0.248 e. The summed E-state index contributed by atoms with van der Waals surface area (Å²) >= 11 is 6.52. The number of nitrogens with two attached hydrogens (primary N) is 1. The number of rotatable bonds is 6. The fraction of sp³-hybridized carbons (Fsp3) is 0.222. The highest BCUT2D eigenvalue weighted by Crippen LogP contribution is 2.49. The zero-order valence-corrected chi connectivity index (χ0v) is 18.8. The fourth-order valence-corrected chi connectivity index (χ4v) is 4.92. The van der Waals surface area contributed by atoms with E-state index in [2.05, 4.69) is 53.8 Å². The third-order valence-corrected chi connectivity index (χ3v) is 7.06. The molecule has 1 saturated heterocycles. The van der Waals surface area contributed by atoms with Gasteiger partial charge in [-0.2, -0.15) is 0 Å². The lowest BCUT2D eigenvalue weighted by atomic mass is 10.0. The molecule has 1 aliphatic heterocycles. The van der Waals surface area contributed by atoms with E-state index in [4.69, 9.17) is 17.3 Å². The van der Waals surface area contributed by atoms with E-state index in [1.165, 1.54) is 6.42 Å². The molecule has 5 rings (SSSR count). The first-order valence-corrected chi connectivity index (χ1v) is 11.3. The van der Waals surface area contributed by atoms with Crippen LogP contribution in [0.5, 0.6) is 0 Å². The molecule has 2 aliphatic rings. The Labute approximate surface area is 193 Å². The number of primary amides is 1. The maximum absolute atomic E-state index is 11.7. The molecule has 0 aromatic heterocycles. The molecule has 4 nitrogen and oxygen atoms in total. The molecule has 1 heterocycles. The third-order valence-electron chi connectivity index (χ3n) is 6.73. The van der Waals surface area contributed by atoms with Gasteiger partial charge < -0.3 is 15.5 Å². The van der Waals surface area contributed by atoms with Gasteiger partial charge in [0.2, 0.25) is 5.91 Å². The average Bonchev–Trinajstić information content (AvgIpc) is 3.43. The minimum Gasteiger partial charge on any atom is -0.369 e. The minimum atomic E-state index is -0.460. The molecule has 2 atom stereocenters. The molecule has 1 saturated carbocycles. The smallest absolute Gasteiger partial charge is 0.248 e. The maximum atomic E-state index is 11.7. The molecule has 2 unspecified atom stereocenters. The van der Waals surface area contributed by atoms with Gasteiger partial charge in [-0.05, 0) is 59.7 Å². The Bertz CT molecular complexity index is 1200. The van der Waals surface area contributed by atoms with Crippen molar-refractivity contribution in [1.29, 1.82) is 0 Å². The zero-order valence-electron chi connectivity index (χ0n) is 18.1. The summed E-state index contributed by atoms with van der Waals surface area (Å²) in [6.45, 7) is 6.50. The molecule has 0 bridgehead atoms. The standard InChI is InChI=1S/C27H26ClN3O/c1-17(18-6-4-3-5-7-18)30(2)25-11-9-19(14-26(25)31-15-21-12-22(21)16-31)23-13-20(27(29)32)8-10-24(23)28/h3-11,13-14,21-22H,1,12,15-16H2,2H3,(H2,29,32). The topological polar surface area (TPSA) is 49.6 Å². The summed E-state index contributed by atoms with van der Waals surface area (Å²) in [5.41, 5.74) is 12.0. The number of halogens is 1. The van der Waals surface area contributed by atoms with E-state index in [9.17, 15) is 4.79 Å². The van der Waals surface area contributed by atoms with Gasteiger partial charge in [-0.15, -0.1) is 0 Å². The molecule has 1 aliphatic carbocycles. The number of piperidine rings is 1. The van der Waals surface area contributed by atoms with Crippen molar-refractivity contribution in [2.45, 2.75) is 6.42 Å². The van der Waals surface area contributed by atoms with Gasteiger partial charge in [0.1, 0.15) is 0 Å². The Morgan fingerprint density at radius 2 is 1.75 bits per heavy atom. The number of amides is 1. The van der Waals surface area contributed by atoms with Crippen LogP contribution in [0, 0.1) is 11.8 Å². The summed E-state index contributed by atoms with van der Waals surface area (Å²) < 4.78 is 0. The molecule has 5 heteroatoms. The first-order chi connectivity index (χ1) is 15.4. The highest BCUT2D eigenvalue weighted by molar-refractivity contribution is 6.33. The lowest BCUT2D eigenvalue weighted by molar-refractivity contribution is 0.100. The van der Waals surface area contributed by atoms with Crippen molar-refractivity contribution in [2.75, 3.05) is 29.9 Å². The number of hydrogen-bond donors (Lipinski definition) is 1. The Morgan fingerprint density at radius 1 is 1.03 bits per heavy atom. The SMILES string of the molecule is C=C(c1ccccc1)N(C)c1ccc(-c2cc(C(N)=O)ccc2Cl)cc1N1CC2CC2C1. The van der Waals surface area contributed by atoms with Crippen LogP contribution >= 0.6 is 11.6 Å². The molecule has 1 amide bonds. The van der Waals surface area contributed by atoms with Gasteiger partial charge in [-0.3, -0.25) is 4.79 Å². The van der Waals surface area contributed by atoms with E-state index in [1.54, 1.807) is 18.2 Å².